The van der Waals surface area contributed by atoms with Gasteiger partial charge < -0.3 is 9.80 Å². The van der Waals surface area contributed by atoms with Gasteiger partial charge in [-0.15, -0.1) is 11.3 Å². The Morgan fingerprint density at radius 2 is 1.84 bits per heavy atom. The Bertz CT molecular complexity index is 926. The molecule has 0 spiro atoms. The molecule has 1 aromatic carbocycles. The Morgan fingerprint density at radius 3 is 2.56 bits per heavy atom. The van der Waals surface area contributed by atoms with E-state index in [9.17, 15) is 4.79 Å². The first kappa shape index (κ1) is 16.2. The maximum absolute atomic E-state index is 13.2. The number of fused-ring (bicyclic) bond motifs is 1. The van der Waals surface area contributed by atoms with E-state index in [1.54, 1.807) is 11.3 Å². The standard InChI is InChI=1S/C20H21N3OS/c1-14-7-8-19(25-14)18-13-16(15-5-3-4-6-17(15)21-18)20(24)23-11-9-22(2)10-12-23/h3-8,13H,9-12H2,1-2H3. The zero-order valence-electron chi connectivity index (χ0n) is 14.5. The van der Waals surface area contributed by atoms with E-state index in [1.165, 1.54) is 4.88 Å². The molecule has 4 rings (SSSR count). The minimum absolute atomic E-state index is 0.112. The SMILES string of the molecule is Cc1ccc(-c2cc(C(=O)N3CCN(C)CC3)c3ccccc3n2)s1. The van der Waals surface area contributed by atoms with Gasteiger partial charge in [0, 0.05) is 36.4 Å². The predicted octanol–water partition coefficient (Wildman–Crippen LogP) is 3.66. The molecule has 128 valence electrons. The van der Waals surface area contributed by atoms with Crippen molar-refractivity contribution in [3.63, 3.8) is 0 Å². The summed E-state index contributed by atoms with van der Waals surface area (Å²) in [7, 11) is 2.10. The molecule has 1 saturated heterocycles. The van der Waals surface area contributed by atoms with Crippen LogP contribution in [-0.4, -0.2) is 53.9 Å². The van der Waals surface area contributed by atoms with E-state index in [4.69, 9.17) is 4.98 Å². The molecule has 0 unspecified atom stereocenters. The lowest BCUT2D eigenvalue weighted by Crippen LogP contribution is -2.47. The van der Waals surface area contributed by atoms with Gasteiger partial charge in [0.1, 0.15) is 0 Å². The van der Waals surface area contributed by atoms with Gasteiger partial charge in [-0.05, 0) is 38.2 Å². The lowest BCUT2D eigenvalue weighted by Gasteiger charge is -2.32. The van der Waals surface area contributed by atoms with E-state index in [0.29, 0.717) is 0 Å². The summed E-state index contributed by atoms with van der Waals surface area (Å²) in [5, 5.41) is 0.934. The number of hydrogen-bond donors (Lipinski definition) is 0. The number of hydrogen-bond acceptors (Lipinski definition) is 4. The minimum Gasteiger partial charge on any atom is -0.336 e. The van der Waals surface area contributed by atoms with Crippen LogP contribution in [0.4, 0.5) is 0 Å². The van der Waals surface area contributed by atoms with Gasteiger partial charge >= 0.3 is 0 Å². The molecule has 4 nitrogen and oxygen atoms in total. The van der Waals surface area contributed by atoms with E-state index in [1.807, 2.05) is 35.2 Å². The van der Waals surface area contributed by atoms with Crippen LogP contribution in [-0.2, 0) is 0 Å². The second-order valence-electron chi connectivity index (χ2n) is 6.58. The molecule has 2 aromatic heterocycles. The summed E-state index contributed by atoms with van der Waals surface area (Å²) in [6.07, 6.45) is 0. The van der Waals surface area contributed by atoms with Gasteiger partial charge in [-0.1, -0.05) is 18.2 Å². The summed E-state index contributed by atoms with van der Waals surface area (Å²) in [5.74, 6) is 0.112. The third-order valence-electron chi connectivity index (χ3n) is 4.73. The van der Waals surface area contributed by atoms with Crippen molar-refractivity contribution in [2.24, 2.45) is 0 Å². The normalized spacial score (nSPS) is 15.7. The van der Waals surface area contributed by atoms with Crippen LogP contribution >= 0.6 is 11.3 Å². The van der Waals surface area contributed by atoms with E-state index in [0.717, 1.165) is 53.2 Å². The molecule has 0 saturated carbocycles. The highest BCUT2D eigenvalue weighted by Crippen LogP contribution is 2.30. The Labute approximate surface area is 151 Å². The number of carbonyl (C=O) groups excluding carboxylic acids is 1. The molecule has 0 bridgehead atoms. The summed E-state index contributed by atoms with van der Waals surface area (Å²) >= 11 is 1.71. The molecule has 0 N–H and O–H groups in total. The predicted molar refractivity (Wildman–Crippen MR) is 103 cm³/mol. The lowest BCUT2D eigenvalue weighted by atomic mass is 10.1. The molecule has 25 heavy (non-hydrogen) atoms. The van der Waals surface area contributed by atoms with Crippen LogP contribution in [0.3, 0.4) is 0 Å². The number of benzene rings is 1. The third kappa shape index (κ3) is 3.17. The Balaban J connectivity index is 1.80. The summed E-state index contributed by atoms with van der Waals surface area (Å²) in [6, 6.07) is 14.1. The first-order valence-corrected chi connectivity index (χ1v) is 9.38. The molecule has 0 radical (unpaired) electrons. The molecule has 1 fully saturated rings. The Hall–Kier alpha value is -2.24. The molecule has 0 atom stereocenters. The van der Waals surface area contributed by atoms with Gasteiger partial charge in [-0.3, -0.25) is 4.79 Å². The fraction of sp³-hybridized carbons (Fsp3) is 0.300. The smallest absolute Gasteiger partial charge is 0.254 e. The maximum atomic E-state index is 13.2. The highest BCUT2D eigenvalue weighted by atomic mass is 32.1. The van der Waals surface area contributed by atoms with Crippen molar-refractivity contribution in [3.05, 3.63) is 52.9 Å². The van der Waals surface area contributed by atoms with Crippen LogP contribution in [0.15, 0.2) is 42.5 Å². The van der Waals surface area contributed by atoms with Crippen molar-refractivity contribution in [2.75, 3.05) is 33.2 Å². The fourth-order valence-electron chi connectivity index (χ4n) is 3.23. The van der Waals surface area contributed by atoms with Gasteiger partial charge in [-0.2, -0.15) is 0 Å². The molecule has 3 aromatic rings. The molecule has 3 heterocycles. The number of amides is 1. The summed E-state index contributed by atoms with van der Waals surface area (Å²) in [5.41, 5.74) is 2.52. The van der Waals surface area contributed by atoms with Crippen LogP contribution < -0.4 is 0 Å². The van der Waals surface area contributed by atoms with Crippen LogP contribution in [0.25, 0.3) is 21.5 Å². The number of aryl methyl sites for hydroxylation is 1. The van der Waals surface area contributed by atoms with Crippen molar-refractivity contribution in [2.45, 2.75) is 6.92 Å². The number of nitrogens with zero attached hydrogens (tertiary/aromatic N) is 3. The lowest BCUT2D eigenvalue weighted by molar-refractivity contribution is 0.0666. The summed E-state index contributed by atoms with van der Waals surface area (Å²) in [6.45, 7) is 5.49. The number of aromatic nitrogens is 1. The zero-order valence-corrected chi connectivity index (χ0v) is 15.3. The monoisotopic (exact) mass is 351 g/mol. The van der Waals surface area contributed by atoms with Crippen LogP contribution in [0.2, 0.25) is 0 Å². The second-order valence-corrected chi connectivity index (χ2v) is 7.87. The molecular weight excluding hydrogens is 330 g/mol. The first-order chi connectivity index (χ1) is 12.1. The van der Waals surface area contributed by atoms with Crippen molar-refractivity contribution >= 4 is 28.1 Å². The largest absolute Gasteiger partial charge is 0.336 e. The highest BCUT2D eigenvalue weighted by Gasteiger charge is 2.23. The Morgan fingerprint density at radius 1 is 1.08 bits per heavy atom. The fourth-order valence-corrected chi connectivity index (χ4v) is 4.06. The number of para-hydroxylation sites is 1. The van der Waals surface area contributed by atoms with Crippen LogP contribution in [0.1, 0.15) is 15.2 Å². The molecule has 1 aliphatic rings. The minimum atomic E-state index is 0.112. The van der Waals surface area contributed by atoms with Gasteiger partial charge in [0.05, 0.1) is 21.7 Å². The average Bonchev–Trinajstić information content (AvgIpc) is 3.07. The van der Waals surface area contributed by atoms with Crippen molar-refractivity contribution in [1.29, 1.82) is 0 Å². The molecule has 1 aliphatic heterocycles. The summed E-state index contributed by atoms with van der Waals surface area (Å²) < 4.78 is 0. The number of carbonyl (C=O) groups is 1. The van der Waals surface area contributed by atoms with Gasteiger partial charge in [-0.25, -0.2) is 4.98 Å². The summed E-state index contributed by atoms with van der Waals surface area (Å²) in [4.78, 5) is 24.6. The first-order valence-electron chi connectivity index (χ1n) is 8.56. The number of piperazine rings is 1. The van der Waals surface area contributed by atoms with E-state index < -0.39 is 0 Å². The number of likely N-dealkylation sites (N-methyl/N-ethyl adjacent to an activating group) is 1. The number of thiophene rings is 1. The van der Waals surface area contributed by atoms with Gasteiger partial charge in [0.15, 0.2) is 0 Å². The van der Waals surface area contributed by atoms with Crippen LogP contribution in [0.5, 0.6) is 0 Å². The molecule has 5 heteroatoms. The topological polar surface area (TPSA) is 36.4 Å². The number of rotatable bonds is 2. The highest BCUT2D eigenvalue weighted by molar-refractivity contribution is 7.15. The zero-order chi connectivity index (χ0) is 17.4. The van der Waals surface area contributed by atoms with E-state index in [2.05, 4.69) is 31.0 Å². The van der Waals surface area contributed by atoms with Crippen molar-refractivity contribution < 1.29 is 4.79 Å². The van der Waals surface area contributed by atoms with E-state index in [-0.39, 0.29) is 5.91 Å². The molecule has 1 amide bonds. The van der Waals surface area contributed by atoms with Crippen molar-refractivity contribution in [1.82, 2.24) is 14.8 Å². The quantitative estimate of drug-likeness (QED) is 0.707. The third-order valence-corrected chi connectivity index (χ3v) is 5.75. The Kier molecular flexibility index (Phi) is 4.27. The van der Waals surface area contributed by atoms with Crippen LogP contribution in [0, 0.1) is 6.92 Å². The molecular formula is C20H21N3OS. The van der Waals surface area contributed by atoms with Gasteiger partial charge in [0.2, 0.25) is 0 Å². The van der Waals surface area contributed by atoms with Gasteiger partial charge in [0.25, 0.3) is 5.91 Å². The number of pyridine rings is 1. The average molecular weight is 351 g/mol. The van der Waals surface area contributed by atoms with E-state index >= 15 is 0 Å². The second kappa shape index (κ2) is 6.58. The van der Waals surface area contributed by atoms with Crippen molar-refractivity contribution in [3.8, 4) is 10.6 Å². The maximum Gasteiger partial charge on any atom is 0.254 e. The molecule has 0 aliphatic carbocycles.